The van der Waals surface area contributed by atoms with Gasteiger partial charge < -0.3 is 15.6 Å². The molecule has 3 heterocycles. The van der Waals surface area contributed by atoms with Crippen LogP contribution in [0.5, 0.6) is 0 Å². The van der Waals surface area contributed by atoms with Crippen LogP contribution in [0.2, 0.25) is 0 Å². The van der Waals surface area contributed by atoms with Crippen molar-refractivity contribution in [1.82, 2.24) is 15.7 Å². The number of piperidine rings is 1. The first-order chi connectivity index (χ1) is 16.8. The molecule has 182 valence electrons. The van der Waals surface area contributed by atoms with E-state index in [0.29, 0.717) is 11.3 Å². The smallest absolute Gasteiger partial charge is 0.354 e. The van der Waals surface area contributed by atoms with Gasteiger partial charge in [-0.15, -0.1) is 0 Å². The number of anilines is 1. The van der Waals surface area contributed by atoms with Crippen molar-refractivity contribution in [1.29, 1.82) is 0 Å². The number of hydrogen-bond donors (Lipinski definition) is 4. The van der Waals surface area contributed by atoms with Crippen LogP contribution in [0.3, 0.4) is 0 Å². The van der Waals surface area contributed by atoms with E-state index in [9.17, 15) is 22.8 Å². The summed E-state index contributed by atoms with van der Waals surface area (Å²) >= 11 is 0. The van der Waals surface area contributed by atoms with Crippen LogP contribution >= 0.6 is 0 Å². The number of aldehydes is 1. The van der Waals surface area contributed by atoms with Crippen LogP contribution in [-0.2, 0) is 9.59 Å². The number of amides is 2. The van der Waals surface area contributed by atoms with Crippen LogP contribution in [0.4, 0.5) is 18.9 Å². The van der Waals surface area contributed by atoms with Gasteiger partial charge in [-0.1, -0.05) is 30.3 Å². The molecule has 0 atom stereocenters. The minimum absolute atomic E-state index is 0.00149. The van der Waals surface area contributed by atoms with Crippen LogP contribution in [0, 0.1) is 5.92 Å². The Bertz CT molecular complexity index is 1280. The topological polar surface area (TPSA) is 115 Å². The third kappa shape index (κ3) is 5.57. The summed E-state index contributed by atoms with van der Waals surface area (Å²) in [5.41, 5.74) is 7.21. The van der Waals surface area contributed by atoms with Crippen LogP contribution in [-0.4, -0.2) is 48.6 Å². The largest absolute Gasteiger partial charge is 0.446 e. The number of nitrogens with zero attached hydrogens (tertiary/aromatic N) is 1. The first-order valence-electron chi connectivity index (χ1n) is 10.9. The number of aromatic nitrogens is 1. The molecule has 0 spiro atoms. The molecule has 2 aromatic carbocycles. The van der Waals surface area contributed by atoms with Gasteiger partial charge in [-0.05, 0) is 43.6 Å². The summed E-state index contributed by atoms with van der Waals surface area (Å²) in [5.74, 6) is -0.303. The molecule has 11 heteroatoms. The third-order valence-corrected chi connectivity index (χ3v) is 5.71. The highest BCUT2D eigenvalue weighted by molar-refractivity contribution is 6.18. The number of rotatable bonds is 3. The lowest BCUT2D eigenvalue weighted by atomic mass is 9.97. The van der Waals surface area contributed by atoms with E-state index < -0.39 is 12.5 Å². The molecular formula is C24H22F3N5O3. The Morgan fingerprint density at radius 2 is 1.80 bits per heavy atom. The highest BCUT2D eigenvalue weighted by Gasteiger charge is 2.25. The summed E-state index contributed by atoms with van der Waals surface area (Å²) in [6, 6.07) is 13.5. The average molecular weight is 485 g/mol. The van der Waals surface area contributed by atoms with Crippen LogP contribution in [0.15, 0.2) is 47.6 Å². The summed E-state index contributed by atoms with van der Waals surface area (Å²) in [5, 5.41) is 11.2. The minimum atomic E-state index is -4.64. The summed E-state index contributed by atoms with van der Waals surface area (Å²) < 4.78 is 31.2. The Kier molecular flexibility index (Phi) is 6.97. The predicted octanol–water partition coefficient (Wildman–Crippen LogP) is 3.60. The standard InChI is InChI=1S/C22H21N5O2.C2HF3O/c28-21(14-6-8-23-9-7-14)25-15-10-16-19-17(12-24-27-22(16)29)20(26-18(19)11-15)13-4-2-1-3-5-13;3-2(4,5)1-6/h1-5,10-12,14,23,26H,6-9H2,(H,25,28)(H,27,29);1H. The first-order valence-corrected chi connectivity index (χ1v) is 10.9. The lowest BCUT2D eigenvalue weighted by Crippen LogP contribution is -2.34. The molecule has 0 aliphatic carbocycles. The van der Waals surface area contributed by atoms with Crippen molar-refractivity contribution >= 4 is 40.9 Å². The number of aromatic amines is 1. The lowest BCUT2D eigenvalue weighted by molar-refractivity contribution is -0.156. The molecule has 0 unspecified atom stereocenters. The molecule has 35 heavy (non-hydrogen) atoms. The molecule has 4 N–H and O–H groups in total. The van der Waals surface area contributed by atoms with E-state index in [2.05, 4.69) is 26.1 Å². The number of hydrogen-bond acceptors (Lipinski definition) is 5. The van der Waals surface area contributed by atoms with Gasteiger partial charge in [-0.2, -0.15) is 18.3 Å². The Morgan fingerprint density at radius 3 is 2.46 bits per heavy atom. The lowest BCUT2D eigenvalue weighted by Gasteiger charge is -2.21. The van der Waals surface area contributed by atoms with E-state index in [0.717, 1.165) is 53.7 Å². The fourth-order valence-corrected chi connectivity index (χ4v) is 4.11. The number of H-pyrrole nitrogens is 1. The van der Waals surface area contributed by atoms with E-state index in [1.54, 1.807) is 12.3 Å². The molecule has 3 aromatic rings. The van der Waals surface area contributed by atoms with Gasteiger partial charge in [0, 0.05) is 28.1 Å². The van der Waals surface area contributed by atoms with Crippen molar-refractivity contribution in [2.75, 3.05) is 18.4 Å². The van der Waals surface area contributed by atoms with Gasteiger partial charge in [0.05, 0.1) is 17.5 Å². The van der Waals surface area contributed by atoms with Crippen molar-refractivity contribution in [3.05, 3.63) is 53.6 Å². The number of hydrazone groups is 1. The maximum atomic E-state index is 12.7. The van der Waals surface area contributed by atoms with E-state index in [-0.39, 0.29) is 17.7 Å². The highest BCUT2D eigenvalue weighted by atomic mass is 19.4. The van der Waals surface area contributed by atoms with Crippen molar-refractivity contribution in [3.8, 4) is 11.3 Å². The molecule has 0 radical (unpaired) electrons. The minimum Gasteiger partial charge on any atom is -0.354 e. The highest BCUT2D eigenvalue weighted by Crippen LogP contribution is 2.34. The Labute approximate surface area is 198 Å². The maximum Gasteiger partial charge on any atom is 0.446 e. The summed E-state index contributed by atoms with van der Waals surface area (Å²) in [7, 11) is 0. The molecular weight excluding hydrogens is 463 g/mol. The Hall–Kier alpha value is -3.99. The van der Waals surface area contributed by atoms with Gasteiger partial charge in [0.2, 0.25) is 12.2 Å². The van der Waals surface area contributed by atoms with Gasteiger partial charge in [0.1, 0.15) is 0 Å². The van der Waals surface area contributed by atoms with Crippen molar-refractivity contribution in [2.45, 2.75) is 19.0 Å². The van der Waals surface area contributed by atoms with Crippen molar-refractivity contribution < 1.29 is 27.6 Å². The number of carbonyl (C=O) groups excluding carboxylic acids is 3. The number of halogens is 3. The third-order valence-electron chi connectivity index (χ3n) is 5.71. The SMILES string of the molecule is O=C1NN=Cc2c(-c3ccccc3)[nH]c3cc(NC(=O)C4CCNCC4)cc1c23.O=CC(F)(F)F. The van der Waals surface area contributed by atoms with Crippen LogP contribution in [0.1, 0.15) is 28.8 Å². The van der Waals surface area contributed by atoms with Crippen LogP contribution < -0.4 is 16.1 Å². The molecule has 1 fully saturated rings. The second-order valence-electron chi connectivity index (χ2n) is 8.10. The van der Waals surface area contributed by atoms with E-state index in [4.69, 9.17) is 4.79 Å². The van der Waals surface area contributed by atoms with E-state index >= 15 is 0 Å². The molecule has 8 nitrogen and oxygen atoms in total. The van der Waals surface area contributed by atoms with Crippen molar-refractivity contribution in [2.24, 2.45) is 11.0 Å². The zero-order chi connectivity index (χ0) is 25.0. The van der Waals surface area contributed by atoms with Gasteiger partial charge >= 0.3 is 6.18 Å². The number of carbonyl (C=O) groups is 3. The molecule has 2 aliphatic rings. The zero-order valence-electron chi connectivity index (χ0n) is 18.4. The number of nitrogens with one attached hydrogen (secondary N) is 4. The predicted molar refractivity (Wildman–Crippen MR) is 125 cm³/mol. The summed E-state index contributed by atoms with van der Waals surface area (Å²) in [6.45, 7) is 1.70. The molecule has 1 saturated heterocycles. The first kappa shape index (κ1) is 24.1. The maximum absolute atomic E-state index is 12.7. The normalized spacial score (nSPS) is 15.6. The van der Waals surface area contributed by atoms with Crippen LogP contribution in [0.25, 0.3) is 22.2 Å². The second kappa shape index (κ2) is 10.1. The Morgan fingerprint density at radius 1 is 1.11 bits per heavy atom. The average Bonchev–Trinajstić information content (AvgIpc) is 3.14. The summed E-state index contributed by atoms with van der Waals surface area (Å²) in [4.78, 5) is 37.4. The molecule has 0 saturated carbocycles. The van der Waals surface area contributed by atoms with Crippen molar-refractivity contribution in [3.63, 3.8) is 0 Å². The summed E-state index contributed by atoms with van der Waals surface area (Å²) in [6.07, 6.45) is -2.39. The monoisotopic (exact) mass is 485 g/mol. The second-order valence-corrected chi connectivity index (χ2v) is 8.10. The van der Waals surface area contributed by atoms with Gasteiger partial charge in [0.25, 0.3) is 5.91 Å². The van der Waals surface area contributed by atoms with Gasteiger partial charge in [-0.3, -0.25) is 14.4 Å². The fraction of sp³-hybridized carbons (Fsp3) is 0.250. The number of benzene rings is 2. The van der Waals surface area contributed by atoms with Gasteiger partial charge in [0.15, 0.2) is 0 Å². The molecule has 5 rings (SSSR count). The molecule has 2 amide bonds. The molecule has 2 aliphatic heterocycles. The number of alkyl halides is 3. The Balaban J connectivity index is 0.000000431. The van der Waals surface area contributed by atoms with Gasteiger partial charge in [-0.25, -0.2) is 5.43 Å². The van der Waals surface area contributed by atoms with E-state index in [1.165, 1.54) is 0 Å². The molecule has 1 aromatic heterocycles. The fourth-order valence-electron chi connectivity index (χ4n) is 4.11. The zero-order valence-corrected chi connectivity index (χ0v) is 18.4. The van der Waals surface area contributed by atoms with E-state index in [1.807, 2.05) is 36.4 Å². The quantitative estimate of drug-likeness (QED) is 0.425. The molecule has 0 bridgehead atoms.